The number of aryl methyl sites for hydroxylation is 1. The van der Waals surface area contributed by atoms with Gasteiger partial charge in [-0.05, 0) is 38.7 Å². The third kappa shape index (κ3) is 2.99. The standard InChI is InChI=1S/C19H26N2O2/c1-13-7-9-15(10-8-13)18-16(12-17(22)20(18)3)19(23)21-11-5-4-6-14(21)2/h7-10,14,16,18H,4-6,11-12H2,1-3H3. The molecule has 3 atom stereocenters. The van der Waals surface area contributed by atoms with E-state index in [9.17, 15) is 9.59 Å². The number of rotatable bonds is 2. The molecule has 0 aliphatic carbocycles. The first kappa shape index (κ1) is 16.0. The van der Waals surface area contributed by atoms with Gasteiger partial charge in [-0.3, -0.25) is 9.59 Å². The van der Waals surface area contributed by atoms with Gasteiger partial charge in [-0.25, -0.2) is 0 Å². The smallest absolute Gasteiger partial charge is 0.228 e. The van der Waals surface area contributed by atoms with Gasteiger partial charge in [0.1, 0.15) is 0 Å². The topological polar surface area (TPSA) is 40.6 Å². The van der Waals surface area contributed by atoms with Gasteiger partial charge in [0.15, 0.2) is 0 Å². The normalized spacial score (nSPS) is 28.3. The Morgan fingerprint density at radius 2 is 1.87 bits per heavy atom. The molecule has 2 amide bonds. The quantitative estimate of drug-likeness (QED) is 0.842. The predicted molar refractivity (Wildman–Crippen MR) is 89.8 cm³/mol. The molecular formula is C19H26N2O2. The number of likely N-dealkylation sites (tertiary alicyclic amines) is 2. The predicted octanol–water partition coefficient (Wildman–Crippen LogP) is 2.92. The van der Waals surface area contributed by atoms with Crippen LogP contribution in [0.15, 0.2) is 24.3 Å². The van der Waals surface area contributed by atoms with E-state index in [1.165, 1.54) is 12.0 Å². The molecule has 2 saturated heterocycles. The summed E-state index contributed by atoms with van der Waals surface area (Å²) in [5.41, 5.74) is 2.25. The Balaban J connectivity index is 1.88. The first-order valence-corrected chi connectivity index (χ1v) is 8.61. The van der Waals surface area contributed by atoms with E-state index in [1.807, 2.05) is 18.9 Å². The van der Waals surface area contributed by atoms with Gasteiger partial charge in [0.05, 0.1) is 12.0 Å². The van der Waals surface area contributed by atoms with E-state index in [0.29, 0.717) is 6.42 Å². The van der Waals surface area contributed by atoms with Crippen molar-refractivity contribution in [3.8, 4) is 0 Å². The Hall–Kier alpha value is -1.84. The largest absolute Gasteiger partial charge is 0.340 e. The van der Waals surface area contributed by atoms with Crippen LogP contribution in [0.2, 0.25) is 0 Å². The molecule has 3 rings (SSSR count). The minimum atomic E-state index is -0.254. The third-order valence-electron chi connectivity index (χ3n) is 5.41. The highest BCUT2D eigenvalue weighted by Gasteiger charge is 2.45. The highest BCUT2D eigenvalue weighted by molar-refractivity contribution is 5.90. The molecule has 2 aliphatic rings. The monoisotopic (exact) mass is 314 g/mol. The van der Waals surface area contributed by atoms with Crippen molar-refractivity contribution in [3.63, 3.8) is 0 Å². The molecule has 0 bridgehead atoms. The zero-order valence-corrected chi connectivity index (χ0v) is 14.3. The lowest BCUT2D eigenvalue weighted by atomic mass is 9.90. The minimum Gasteiger partial charge on any atom is -0.340 e. The van der Waals surface area contributed by atoms with E-state index in [1.54, 1.807) is 4.90 Å². The lowest BCUT2D eigenvalue weighted by molar-refractivity contribution is -0.139. The van der Waals surface area contributed by atoms with Gasteiger partial charge in [0, 0.05) is 26.1 Å². The molecule has 0 saturated carbocycles. The van der Waals surface area contributed by atoms with Crippen LogP contribution >= 0.6 is 0 Å². The average molecular weight is 314 g/mol. The van der Waals surface area contributed by atoms with Gasteiger partial charge < -0.3 is 9.80 Å². The summed E-state index contributed by atoms with van der Waals surface area (Å²) >= 11 is 0. The Morgan fingerprint density at radius 3 is 2.52 bits per heavy atom. The summed E-state index contributed by atoms with van der Waals surface area (Å²) in [7, 11) is 1.82. The lowest BCUT2D eigenvalue weighted by Crippen LogP contribution is -2.46. The van der Waals surface area contributed by atoms with Crippen LogP contribution in [0.4, 0.5) is 0 Å². The molecule has 0 aromatic heterocycles. The number of piperidine rings is 1. The molecule has 124 valence electrons. The number of carbonyl (C=O) groups excluding carboxylic acids is 2. The molecule has 0 spiro atoms. The van der Waals surface area contributed by atoms with Gasteiger partial charge in [-0.1, -0.05) is 29.8 Å². The summed E-state index contributed by atoms with van der Waals surface area (Å²) in [5.74, 6) is -0.0326. The van der Waals surface area contributed by atoms with Crippen molar-refractivity contribution >= 4 is 11.8 Å². The van der Waals surface area contributed by atoms with Crippen LogP contribution in [0.25, 0.3) is 0 Å². The number of amides is 2. The van der Waals surface area contributed by atoms with Crippen molar-refractivity contribution in [2.45, 2.75) is 51.6 Å². The Kier molecular flexibility index (Phi) is 4.42. The molecule has 2 heterocycles. The minimum absolute atomic E-state index is 0.0681. The summed E-state index contributed by atoms with van der Waals surface area (Å²) in [6.07, 6.45) is 3.66. The zero-order chi connectivity index (χ0) is 16.6. The Bertz CT molecular complexity index is 596. The van der Waals surface area contributed by atoms with E-state index in [-0.39, 0.29) is 29.8 Å². The second-order valence-electron chi connectivity index (χ2n) is 7.05. The highest BCUT2D eigenvalue weighted by Crippen LogP contribution is 2.39. The van der Waals surface area contributed by atoms with Crippen LogP contribution in [0.3, 0.4) is 0 Å². The van der Waals surface area contributed by atoms with Gasteiger partial charge in [-0.15, -0.1) is 0 Å². The lowest BCUT2D eigenvalue weighted by Gasteiger charge is -2.36. The number of nitrogens with zero attached hydrogens (tertiary/aromatic N) is 2. The van der Waals surface area contributed by atoms with E-state index in [0.717, 1.165) is 24.9 Å². The van der Waals surface area contributed by atoms with Crippen molar-refractivity contribution < 1.29 is 9.59 Å². The zero-order valence-electron chi connectivity index (χ0n) is 14.3. The van der Waals surface area contributed by atoms with Crippen LogP contribution in [0.1, 0.15) is 49.8 Å². The van der Waals surface area contributed by atoms with Crippen molar-refractivity contribution in [1.82, 2.24) is 9.80 Å². The second-order valence-corrected chi connectivity index (χ2v) is 7.05. The molecule has 4 nitrogen and oxygen atoms in total. The Morgan fingerprint density at radius 1 is 1.17 bits per heavy atom. The molecule has 2 fully saturated rings. The number of hydrogen-bond donors (Lipinski definition) is 0. The maximum atomic E-state index is 13.1. The summed E-state index contributed by atoms with van der Waals surface area (Å²) in [6.45, 7) is 5.00. The van der Waals surface area contributed by atoms with Gasteiger partial charge in [0.2, 0.25) is 11.8 Å². The molecule has 1 aromatic carbocycles. The molecule has 3 unspecified atom stereocenters. The van der Waals surface area contributed by atoms with E-state index in [2.05, 4.69) is 31.2 Å². The third-order valence-corrected chi connectivity index (χ3v) is 5.41. The maximum Gasteiger partial charge on any atom is 0.228 e. The van der Waals surface area contributed by atoms with Gasteiger partial charge >= 0.3 is 0 Å². The van der Waals surface area contributed by atoms with Crippen molar-refractivity contribution in [3.05, 3.63) is 35.4 Å². The fraction of sp³-hybridized carbons (Fsp3) is 0.579. The average Bonchev–Trinajstić information content (AvgIpc) is 2.84. The van der Waals surface area contributed by atoms with Crippen molar-refractivity contribution in [1.29, 1.82) is 0 Å². The summed E-state index contributed by atoms with van der Waals surface area (Å²) < 4.78 is 0. The van der Waals surface area contributed by atoms with Gasteiger partial charge in [0.25, 0.3) is 0 Å². The summed E-state index contributed by atoms with van der Waals surface area (Å²) in [4.78, 5) is 29.1. The fourth-order valence-electron chi connectivity index (χ4n) is 3.95. The fourth-order valence-corrected chi connectivity index (χ4v) is 3.95. The van der Waals surface area contributed by atoms with Crippen LogP contribution in [0, 0.1) is 12.8 Å². The van der Waals surface area contributed by atoms with Crippen LogP contribution in [-0.4, -0.2) is 41.2 Å². The van der Waals surface area contributed by atoms with E-state index in [4.69, 9.17) is 0 Å². The van der Waals surface area contributed by atoms with Crippen molar-refractivity contribution in [2.75, 3.05) is 13.6 Å². The SMILES string of the molecule is Cc1ccc(C2C(C(=O)N3CCCCC3C)CC(=O)N2C)cc1. The molecular weight excluding hydrogens is 288 g/mol. The van der Waals surface area contributed by atoms with Crippen LogP contribution in [-0.2, 0) is 9.59 Å². The first-order valence-electron chi connectivity index (χ1n) is 8.61. The Labute approximate surface area is 138 Å². The number of benzene rings is 1. The van der Waals surface area contributed by atoms with E-state index >= 15 is 0 Å². The van der Waals surface area contributed by atoms with Crippen molar-refractivity contribution in [2.24, 2.45) is 5.92 Å². The molecule has 0 N–H and O–H groups in total. The summed E-state index contributed by atoms with van der Waals surface area (Å²) in [5, 5.41) is 0. The summed E-state index contributed by atoms with van der Waals surface area (Å²) in [6, 6.07) is 8.36. The van der Waals surface area contributed by atoms with Crippen LogP contribution < -0.4 is 0 Å². The van der Waals surface area contributed by atoms with Crippen LogP contribution in [0.5, 0.6) is 0 Å². The number of hydrogen-bond acceptors (Lipinski definition) is 2. The number of carbonyl (C=O) groups is 2. The molecule has 1 aromatic rings. The molecule has 0 radical (unpaired) electrons. The van der Waals surface area contributed by atoms with Gasteiger partial charge in [-0.2, -0.15) is 0 Å². The molecule has 4 heteroatoms. The highest BCUT2D eigenvalue weighted by atomic mass is 16.2. The first-order chi connectivity index (χ1) is 11.0. The molecule has 23 heavy (non-hydrogen) atoms. The molecule has 2 aliphatic heterocycles. The maximum absolute atomic E-state index is 13.1. The second kappa shape index (κ2) is 6.34. The van der Waals surface area contributed by atoms with E-state index < -0.39 is 0 Å².